The molecule has 1 amide bonds. The molecular weight excluding hydrogens is 348 g/mol. The van der Waals surface area contributed by atoms with Crippen molar-refractivity contribution in [2.24, 2.45) is 11.7 Å². The second kappa shape index (κ2) is 9.71. The molecule has 1 aromatic carbocycles. The highest BCUT2D eigenvalue weighted by Crippen LogP contribution is 2.24. The number of rotatable bonds is 7. The number of carbonyl (C=O) groups is 2. The van der Waals surface area contributed by atoms with Crippen LogP contribution in [0.5, 0.6) is 0 Å². The fourth-order valence-electron chi connectivity index (χ4n) is 3.25. The van der Waals surface area contributed by atoms with Crippen LogP contribution in [-0.4, -0.2) is 41.5 Å². The third-order valence-corrected chi connectivity index (χ3v) is 4.78. The summed E-state index contributed by atoms with van der Waals surface area (Å²) in [6.45, 7) is 3.54. The van der Waals surface area contributed by atoms with E-state index in [0.717, 1.165) is 18.4 Å². The first-order valence-corrected chi connectivity index (χ1v) is 9.34. The number of nitrogens with one attached hydrogen (secondary N) is 1. The summed E-state index contributed by atoms with van der Waals surface area (Å²) in [4.78, 5) is 24.2. The highest BCUT2D eigenvalue weighted by molar-refractivity contribution is 5.72. The molecule has 150 valence electrons. The Hall–Kier alpha value is -2.12. The van der Waals surface area contributed by atoms with Gasteiger partial charge in [-0.15, -0.1) is 0 Å². The van der Waals surface area contributed by atoms with Crippen LogP contribution >= 0.6 is 0 Å². The highest BCUT2D eigenvalue weighted by atomic mass is 16.6. The molecule has 0 heterocycles. The molecule has 1 saturated carbocycles. The summed E-state index contributed by atoms with van der Waals surface area (Å²) < 4.78 is 10.7. The number of amides is 1. The Morgan fingerprint density at radius 3 is 2.63 bits per heavy atom. The lowest BCUT2D eigenvalue weighted by Gasteiger charge is -2.34. The monoisotopic (exact) mass is 378 g/mol. The first-order chi connectivity index (χ1) is 12.8. The minimum absolute atomic E-state index is 0.00709. The maximum Gasteiger partial charge on any atom is 0.407 e. The Kier molecular flexibility index (Phi) is 7.62. The fraction of sp³-hybridized carbons (Fsp3) is 0.600. The maximum absolute atomic E-state index is 12.2. The van der Waals surface area contributed by atoms with Gasteiger partial charge in [0.05, 0.1) is 6.42 Å². The quantitative estimate of drug-likeness (QED) is 0.627. The van der Waals surface area contributed by atoms with Gasteiger partial charge in [-0.2, -0.15) is 0 Å². The lowest BCUT2D eigenvalue weighted by Crippen LogP contribution is -2.48. The predicted octanol–water partition coefficient (Wildman–Crippen LogP) is 2.11. The predicted molar refractivity (Wildman–Crippen MR) is 101 cm³/mol. The molecule has 1 aliphatic carbocycles. The molecule has 2 rings (SSSR count). The van der Waals surface area contributed by atoms with Crippen molar-refractivity contribution >= 4 is 12.1 Å². The number of ether oxygens (including phenoxy) is 2. The van der Waals surface area contributed by atoms with E-state index >= 15 is 0 Å². The smallest absolute Gasteiger partial charge is 0.407 e. The summed E-state index contributed by atoms with van der Waals surface area (Å²) in [5.41, 5.74) is 5.87. The third-order valence-electron chi connectivity index (χ3n) is 4.78. The first-order valence-electron chi connectivity index (χ1n) is 9.34. The van der Waals surface area contributed by atoms with Crippen LogP contribution in [0.15, 0.2) is 30.3 Å². The molecule has 0 spiro atoms. The second-order valence-corrected chi connectivity index (χ2v) is 7.73. The van der Waals surface area contributed by atoms with Crippen molar-refractivity contribution in [2.45, 2.75) is 63.8 Å². The van der Waals surface area contributed by atoms with E-state index in [-0.39, 0.29) is 37.6 Å². The van der Waals surface area contributed by atoms with Gasteiger partial charge < -0.3 is 25.6 Å². The van der Waals surface area contributed by atoms with E-state index in [1.165, 1.54) is 0 Å². The number of nitrogens with two attached hydrogens (primary N) is 1. The summed E-state index contributed by atoms with van der Waals surface area (Å²) >= 11 is 0. The number of esters is 1. The van der Waals surface area contributed by atoms with Gasteiger partial charge in [0, 0.05) is 18.7 Å². The van der Waals surface area contributed by atoms with Crippen LogP contribution in [-0.2, 0) is 20.9 Å². The van der Waals surface area contributed by atoms with E-state index in [4.69, 9.17) is 15.2 Å². The van der Waals surface area contributed by atoms with E-state index < -0.39 is 17.7 Å². The molecule has 0 unspecified atom stereocenters. The van der Waals surface area contributed by atoms with Crippen LogP contribution < -0.4 is 11.1 Å². The normalized spacial score (nSPS) is 22.7. The molecule has 0 bridgehead atoms. The number of aliphatic hydroxyl groups excluding tert-OH is 1. The van der Waals surface area contributed by atoms with E-state index in [9.17, 15) is 14.7 Å². The van der Waals surface area contributed by atoms with Gasteiger partial charge in [-0.3, -0.25) is 4.79 Å². The molecular formula is C20H30N2O5. The molecule has 0 saturated heterocycles. The Morgan fingerprint density at radius 1 is 1.26 bits per heavy atom. The van der Waals surface area contributed by atoms with Gasteiger partial charge in [0.2, 0.25) is 0 Å². The van der Waals surface area contributed by atoms with Gasteiger partial charge in [0.1, 0.15) is 12.2 Å². The number of hydrogen-bond acceptors (Lipinski definition) is 6. The molecule has 7 heteroatoms. The molecule has 7 nitrogen and oxygen atoms in total. The van der Waals surface area contributed by atoms with Crippen LogP contribution in [0, 0.1) is 5.92 Å². The second-order valence-electron chi connectivity index (χ2n) is 7.73. The van der Waals surface area contributed by atoms with E-state index in [0.29, 0.717) is 6.42 Å². The lowest BCUT2D eigenvalue weighted by atomic mass is 9.82. The van der Waals surface area contributed by atoms with Gasteiger partial charge in [-0.1, -0.05) is 30.3 Å². The Morgan fingerprint density at radius 2 is 1.96 bits per heavy atom. The van der Waals surface area contributed by atoms with Gasteiger partial charge >= 0.3 is 12.1 Å². The van der Waals surface area contributed by atoms with Gasteiger partial charge in [0.15, 0.2) is 0 Å². The fourth-order valence-corrected chi connectivity index (χ4v) is 3.25. The molecule has 1 fully saturated rings. The number of alkyl carbamates (subject to hydrolysis) is 1. The molecule has 4 N–H and O–H groups in total. The van der Waals surface area contributed by atoms with Crippen LogP contribution in [0.2, 0.25) is 0 Å². The molecule has 1 aliphatic rings. The van der Waals surface area contributed by atoms with Gasteiger partial charge in [0.25, 0.3) is 0 Å². The van der Waals surface area contributed by atoms with Crippen molar-refractivity contribution in [2.75, 3.05) is 6.61 Å². The first kappa shape index (κ1) is 21.2. The maximum atomic E-state index is 12.2. The zero-order valence-electron chi connectivity index (χ0n) is 16.0. The van der Waals surface area contributed by atoms with Crippen molar-refractivity contribution in [3.8, 4) is 0 Å². The van der Waals surface area contributed by atoms with E-state index in [1.54, 1.807) is 13.8 Å². The largest absolute Gasteiger partial charge is 0.461 e. The SMILES string of the molecule is CC(C)(CC(=O)OCc1ccccc1)OC(=O)N[C@@H]1CC[C@H](N)[C@H](CO)C1. The molecule has 0 radical (unpaired) electrons. The zero-order valence-corrected chi connectivity index (χ0v) is 16.0. The average Bonchev–Trinajstić information content (AvgIpc) is 2.61. The Labute approximate surface area is 160 Å². The summed E-state index contributed by atoms with van der Waals surface area (Å²) in [6, 6.07) is 9.26. The van der Waals surface area contributed by atoms with E-state index in [1.807, 2.05) is 30.3 Å². The summed E-state index contributed by atoms with van der Waals surface area (Å²) in [6.07, 6.45) is 1.49. The summed E-state index contributed by atoms with van der Waals surface area (Å²) in [7, 11) is 0. The van der Waals surface area contributed by atoms with E-state index in [2.05, 4.69) is 5.32 Å². The Bertz CT molecular complexity index is 620. The van der Waals surface area contributed by atoms with Crippen LogP contribution in [0.4, 0.5) is 4.79 Å². The van der Waals surface area contributed by atoms with Crippen LogP contribution in [0.3, 0.4) is 0 Å². The minimum atomic E-state index is -0.987. The van der Waals surface area contributed by atoms with Gasteiger partial charge in [-0.25, -0.2) is 4.79 Å². The van der Waals surface area contributed by atoms with Crippen molar-refractivity contribution in [1.29, 1.82) is 0 Å². The molecule has 1 aromatic rings. The minimum Gasteiger partial charge on any atom is -0.461 e. The summed E-state index contributed by atoms with van der Waals surface area (Å²) in [5.74, 6) is -0.453. The van der Waals surface area contributed by atoms with Crippen molar-refractivity contribution in [3.05, 3.63) is 35.9 Å². The number of aliphatic hydroxyl groups is 1. The third kappa shape index (κ3) is 7.19. The van der Waals surface area contributed by atoms with Gasteiger partial charge in [-0.05, 0) is 44.6 Å². The topological polar surface area (TPSA) is 111 Å². The average molecular weight is 378 g/mol. The lowest BCUT2D eigenvalue weighted by molar-refractivity contribution is -0.149. The number of carbonyl (C=O) groups excluding carboxylic acids is 2. The molecule has 0 aromatic heterocycles. The summed E-state index contributed by atoms with van der Waals surface area (Å²) in [5, 5.41) is 12.2. The molecule has 0 aliphatic heterocycles. The number of benzene rings is 1. The van der Waals surface area contributed by atoms with Crippen molar-refractivity contribution in [3.63, 3.8) is 0 Å². The highest BCUT2D eigenvalue weighted by Gasteiger charge is 2.31. The molecule has 27 heavy (non-hydrogen) atoms. The number of hydrogen-bond donors (Lipinski definition) is 3. The van der Waals surface area contributed by atoms with Crippen molar-refractivity contribution < 1.29 is 24.2 Å². The molecule has 3 atom stereocenters. The zero-order chi connectivity index (χ0) is 19.9. The Balaban J connectivity index is 1.75. The standard InChI is InChI=1S/C20H30N2O5/c1-20(2,11-18(24)26-13-14-6-4-3-5-7-14)27-19(25)22-16-8-9-17(21)15(10-16)12-23/h3-7,15-17,23H,8-13,21H2,1-2H3,(H,22,25)/t15-,16+,17-/m0/s1. The van der Waals surface area contributed by atoms with Crippen molar-refractivity contribution in [1.82, 2.24) is 5.32 Å². The van der Waals surface area contributed by atoms with Crippen LogP contribution in [0.25, 0.3) is 0 Å². The van der Waals surface area contributed by atoms with Crippen LogP contribution in [0.1, 0.15) is 45.1 Å².